The Balaban J connectivity index is 2.49. The standard InChI is InChI=1S/C13H16N2O3/c1-3-15-7-8(2)12(16)14-10-5-4-9(13(17)18)6-11(10)15/h4-6,8H,3,7H2,1-2H3,(H,14,16)(H,17,18). The summed E-state index contributed by atoms with van der Waals surface area (Å²) in [6.07, 6.45) is 0. The van der Waals surface area contributed by atoms with Gasteiger partial charge in [0.15, 0.2) is 0 Å². The first-order chi connectivity index (χ1) is 8.52. The molecule has 5 heteroatoms. The van der Waals surface area contributed by atoms with Crippen LogP contribution in [0, 0.1) is 5.92 Å². The van der Waals surface area contributed by atoms with E-state index in [1.807, 2.05) is 18.7 Å². The molecule has 1 unspecified atom stereocenters. The van der Waals surface area contributed by atoms with E-state index >= 15 is 0 Å². The summed E-state index contributed by atoms with van der Waals surface area (Å²) in [7, 11) is 0. The van der Waals surface area contributed by atoms with E-state index in [1.165, 1.54) is 6.07 Å². The molecule has 5 nitrogen and oxygen atoms in total. The Morgan fingerprint density at radius 1 is 1.56 bits per heavy atom. The lowest BCUT2D eigenvalue weighted by atomic mass is 10.1. The fourth-order valence-electron chi connectivity index (χ4n) is 2.10. The van der Waals surface area contributed by atoms with Crippen molar-refractivity contribution in [2.75, 3.05) is 23.3 Å². The van der Waals surface area contributed by atoms with Crippen molar-refractivity contribution < 1.29 is 14.7 Å². The molecule has 0 radical (unpaired) electrons. The van der Waals surface area contributed by atoms with Crippen molar-refractivity contribution in [2.45, 2.75) is 13.8 Å². The van der Waals surface area contributed by atoms with Crippen LogP contribution in [0.5, 0.6) is 0 Å². The first kappa shape index (κ1) is 12.4. The third-order valence-electron chi connectivity index (χ3n) is 3.17. The molecule has 1 aromatic rings. The molecule has 1 amide bonds. The number of carboxylic acids is 1. The highest BCUT2D eigenvalue weighted by molar-refractivity contribution is 5.99. The number of nitrogens with one attached hydrogen (secondary N) is 1. The first-order valence-electron chi connectivity index (χ1n) is 5.96. The molecular formula is C13H16N2O3. The van der Waals surface area contributed by atoms with E-state index < -0.39 is 5.97 Å². The highest BCUT2D eigenvalue weighted by Gasteiger charge is 2.24. The van der Waals surface area contributed by atoms with Crippen molar-refractivity contribution in [2.24, 2.45) is 5.92 Å². The van der Waals surface area contributed by atoms with Crippen LogP contribution in [0.4, 0.5) is 11.4 Å². The van der Waals surface area contributed by atoms with Gasteiger partial charge in [-0.3, -0.25) is 4.79 Å². The molecule has 96 valence electrons. The number of amides is 1. The summed E-state index contributed by atoms with van der Waals surface area (Å²) in [4.78, 5) is 24.8. The third-order valence-corrected chi connectivity index (χ3v) is 3.17. The highest BCUT2D eigenvalue weighted by Crippen LogP contribution is 2.31. The number of carboxylic acid groups (broad SMARTS) is 1. The average molecular weight is 248 g/mol. The lowest BCUT2D eigenvalue weighted by Crippen LogP contribution is -2.30. The molecule has 1 aliphatic rings. The second-order valence-electron chi connectivity index (χ2n) is 4.47. The van der Waals surface area contributed by atoms with Crippen LogP contribution in [0.1, 0.15) is 24.2 Å². The Hall–Kier alpha value is -2.04. The van der Waals surface area contributed by atoms with Gasteiger partial charge in [-0.1, -0.05) is 6.92 Å². The van der Waals surface area contributed by atoms with Crippen molar-refractivity contribution in [3.05, 3.63) is 23.8 Å². The molecule has 0 spiro atoms. The Morgan fingerprint density at radius 3 is 2.89 bits per heavy atom. The summed E-state index contributed by atoms with van der Waals surface area (Å²) in [5.74, 6) is -1.11. The number of fused-ring (bicyclic) bond motifs is 1. The molecule has 1 atom stereocenters. The normalized spacial score (nSPS) is 18.9. The fourth-order valence-corrected chi connectivity index (χ4v) is 2.10. The quantitative estimate of drug-likeness (QED) is 0.837. The third kappa shape index (κ3) is 2.16. The number of carbonyl (C=O) groups is 2. The molecule has 18 heavy (non-hydrogen) atoms. The maximum absolute atomic E-state index is 11.8. The molecule has 0 aliphatic carbocycles. The van der Waals surface area contributed by atoms with E-state index in [4.69, 9.17) is 5.11 Å². The zero-order valence-electron chi connectivity index (χ0n) is 10.4. The first-order valence-corrected chi connectivity index (χ1v) is 5.96. The number of aromatic carboxylic acids is 1. The number of nitrogens with zero attached hydrogens (tertiary/aromatic N) is 1. The van der Waals surface area contributed by atoms with Gasteiger partial charge in [0.05, 0.1) is 22.9 Å². The van der Waals surface area contributed by atoms with E-state index in [1.54, 1.807) is 12.1 Å². The molecule has 0 saturated carbocycles. The second kappa shape index (κ2) is 4.68. The summed E-state index contributed by atoms with van der Waals surface area (Å²) >= 11 is 0. The van der Waals surface area contributed by atoms with Gasteiger partial charge < -0.3 is 15.3 Å². The van der Waals surface area contributed by atoms with Gasteiger partial charge in [-0.25, -0.2) is 4.79 Å². The minimum Gasteiger partial charge on any atom is -0.478 e. The SMILES string of the molecule is CCN1CC(C)C(=O)Nc2ccc(C(=O)O)cc21. The van der Waals surface area contributed by atoms with Crippen molar-refractivity contribution in [1.82, 2.24) is 0 Å². The van der Waals surface area contributed by atoms with E-state index in [9.17, 15) is 9.59 Å². The van der Waals surface area contributed by atoms with Crippen LogP contribution < -0.4 is 10.2 Å². The summed E-state index contributed by atoms with van der Waals surface area (Å²) < 4.78 is 0. The van der Waals surface area contributed by atoms with Gasteiger partial charge in [0.25, 0.3) is 0 Å². The molecule has 2 rings (SSSR count). The minimum absolute atomic E-state index is 0.0322. The summed E-state index contributed by atoms with van der Waals surface area (Å²) in [5.41, 5.74) is 1.68. The van der Waals surface area contributed by atoms with Gasteiger partial charge in [-0.2, -0.15) is 0 Å². The fraction of sp³-hybridized carbons (Fsp3) is 0.385. The van der Waals surface area contributed by atoms with Crippen molar-refractivity contribution in [1.29, 1.82) is 0 Å². The maximum Gasteiger partial charge on any atom is 0.335 e. The topological polar surface area (TPSA) is 69.6 Å². The van der Waals surface area contributed by atoms with Gasteiger partial charge in [-0.05, 0) is 25.1 Å². The molecule has 0 aromatic heterocycles. The van der Waals surface area contributed by atoms with E-state index in [2.05, 4.69) is 5.32 Å². The number of benzene rings is 1. The van der Waals surface area contributed by atoms with Crippen LogP contribution in [0.15, 0.2) is 18.2 Å². The molecule has 1 aliphatic heterocycles. The highest BCUT2D eigenvalue weighted by atomic mass is 16.4. The predicted octanol–water partition coefficient (Wildman–Crippen LogP) is 1.80. The van der Waals surface area contributed by atoms with Crippen molar-refractivity contribution >= 4 is 23.3 Å². The van der Waals surface area contributed by atoms with Gasteiger partial charge in [0.1, 0.15) is 0 Å². The van der Waals surface area contributed by atoms with Gasteiger partial charge >= 0.3 is 5.97 Å². The summed E-state index contributed by atoms with van der Waals surface area (Å²) in [6, 6.07) is 4.77. The van der Waals surface area contributed by atoms with Crippen molar-refractivity contribution in [3.8, 4) is 0 Å². The molecule has 1 aromatic carbocycles. The molecule has 0 saturated heterocycles. The van der Waals surface area contributed by atoms with Crippen LogP contribution in [0.25, 0.3) is 0 Å². The predicted molar refractivity (Wildman–Crippen MR) is 69.1 cm³/mol. The van der Waals surface area contributed by atoms with Gasteiger partial charge in [-0.15, -0.1) is 0 Å². The van der Waals surface area contributed by atoms with Crippen molar-refractivity contribution in [3.63, 3.8) is 0 Å². The Labute approximate surface area is 105 Å². The number of anilines is 2. The molecular weight excluding hydrogens is 232 g/mol. The minimum atomic E-state index is -0.961. The summed E-state index contributed by atoms with van der Waals surface area (Å²) in [6.45, 7) is 5.18. The van der Waals surface area contributed by atoms with E-state index in [-0.39, 0.29) is 17.4 Å². The largest absolute Gasteiger partial charge is 0.478 e. The van der Waals surface area contributed by atoms with E-state index in [0.717, 1.165) is 12.2 Å². The van der Waals surface area contributed by atoms with Gasteiger partial charge in [0, 0.05) is 13.1 Å². The smallest absolute Gasteiger partial charge is 0.335 e. The van der Waals surface area contributed by atoms with Crippen LogP contribution in [-0.2, 0) is 4.79 Å². The summed E-state index contributed by atoms with van der Waals surface area (Å²) in [5, 5.41) is 11.8. The number of rotatable bonds is 2. The van der Waals surface area contributed by atoms with Crippen LogP contribution >= 0.6 is 0 Å². The Kier molecular flexibility index (Phi) is 3.23. The zero-order chi connectivity index (χ0) is 13.3. The molecule has 2 N–H and O–H groups in total. The lowest BCUT2D eigenvalue weighted by Gasteiger charge is -2.24. The Bertz CT molecular complexity index is 499. The van der Waals surface area contributed by atoms with Crippen LogP contribution in [0.2, 0.25) is 0 Å². The zero-order valence-corrected chi connectivity index (χ0v) is 10.4. The molecule has 1 heterocycles. The number of carbonyl (C=O) groups excluding carboxylic acids is 1. The average Bonchev–Trinajstić information content (AvgIpc) is 2.46. The molecule has 0 bridgehead atoms. The number of hydrogen-bond donors (Lipinski definition) is 2. The Morgan fingerprint density at radius 2 is 2.28 bits per heavy atom. The monoisotopic (exact) mass is 248 g/mol. The lowest BCUT2D eigenvalue weighted by molar-refractivity contribution is -0.119. The van der Waals surface area contributed by atoms with Crippen LogP contribution in [0.3, 0.4) is 0 Å². The van der Waals surface area contributed by atoms with E-state index in [0.29, 0.717) is 12.2 Å². The molecule has 0 fully saturated rings. The van der Waals surface area contributed by atoms with Gasteiger partial charge in [0.2, 0.25) is 5.91 Å². The van der Waals surface area contributed by atoms with Crippen LogP contribution in [-0.4, -0.2) is 30.1 Å². The maximum atomic E-state index is 11.8. The number of hydrogen-bond acceptors (Lipinski definition) is 3. The second-order valence-corrected chi connectivity index (χ2v) is 4.47.